The third-order valence-electron chi connectivity index (χ3n) is 7.83. The highest BCUT2D eigenvalue weighted by molar-refractivity contribution is 5.96. The standard InChI is InChI=1S/C21H32O4/c1-7-15(22)18(4,8-2)13-17(24-6)19(5)14(3)9-11-20-12-10-16(23)21(19,20)25-20/h8,14,17H,2,7,9-13H2,1,3-6H3/t14-,17-,18-,19+,20+,21+/m1/s1. The minimum Gasteiger partial charge on any atom is -0.381 e. The summed E-state index contributed by atoms with van der Waals surface area (Å²) in [5, 5.41) is 0. The highest BCUT2D eigenvalue weighted by Gasteiger charge is 2.86. The predicted molar refractivity (Wildman–Crippen MR) is 96.3 cm³/mol. The summed E-state index contributed by atoms with van der Waals surface area (Å²) in [6, 6.07) is 0. The summed E-state index contributed by atoms with van der Waals surface area (Å²) in [5.41, 5.74) is -2.06. The zero-order valence-electron chi connectivity index (χ0n) is 16.3. The van der Waals surface area contributed by atoms with E-state index in [1.165, 1.54) is 0 Å². The molecular formula is C21H32O4. The third-order valence-corrected chi connectivity index (χ3v) is 7.83. The van der Waals surface area contributed by atoms with Gasteiger partial charge in [-0.25, -0.2) is 0 Å². The van der Waals surface area contributed by atoms with Crippen LogP contribution in [0.2, 0.25) is 0 Å². The molecule has 6 atom stereocenters. The lowest BCUT2D eigenvalue weighted by Crippen LogP contribution is -2.59. The van der Waals surface area contributed by atoms with E-state index in [1.54, 1.807) is 13.2 Å². The van der Waals surface area contributed by atoms with E-state index in [2.05, 4.69) is 20.4 Å². The first-order valence-electron chi connectivity index (χ1n) is 9.60. The quantitative estimate of drug-likeness (QED) is 0.518. The molecule has 0 spiro atoms. The summed E-state index contributed by atoms with van der Waals surface area (Å²) < 4.78 is 12.2. The second-order valence-electron chi connectivity index (χ2n) is 8.75. The van der Waals surface area contributed by atoms with Crippen LogP contribution in [-0.2, 0) is 19.1 Å². The Kier molecular flexibility index (Phi) is 4.32. The average Bonchev–Trinajstić information content (AvgIpc) is 3.24. The molecule has 0 bridgehead atoms. The van der Waals surface area contributed by atoms with E-state index in [9.17, 15) is 9.59 Å². The molecule has 1 aliphatic heterocycles. The van der Waals surface area contributed by atoms with Gasteiger partial charge >= 0.3 is 0 Å². The van der Waals surface area contributed by atoms with E-state index < -0.39 is 16.4 Å². The highest BCUT2D eigenvalue weighted by Crippen LogP contribution is 2.74. The number of carbonyl (C=O) groups is 2. The molecule has 0 aromatic rings. The molecule has 4 heteroatoms. The fourth-order valence-corrected chi connectivity index (χ4v) is 5.83. The number of allylic oxidation sites excluding steroid dienone is 1. The Labute approximate surface area is 151 Å². The molecule has 0 radical (unpaired) electrons. The van der Waals surface area contributed by atoms with Crippen molar-refractivity contribution < 1.29 is 19.1 Å². The van der Waals surface area contributed by atoms with Crippen LogP contribution in [0.25, 0.3) is 0 Å². The maximum atomic E-state index is 12.9. The predicted octanol–water partition coefficient (Wildman–Crippen LogP) is 3.87. The van der Waals surface area contributed by atoms with Crippen molar-refractivity contribution in [3.8, 4) is 0 Å². The molecule has 0 aromatic carbocycles. The second kappa shape index (κ2) is 5.75. The van der Waals surface area contributed by atoms with Crippen LogP contribution in [-0.4, -0.2) is 36.0 Å². The molecule has 3 aliphatic rings. The minimum absolute atomic E-state index is 0.162. The normalized spacial score (nSPS) is 42.9. The number of methoxy groups -OCH3 is 1. The molecule has 25 heavy (non-hydrogen) atoms. The lowest BCUT2D eigenvalue weighted by molar-refractivity contribution is -0.145. The number of hydrogen-bond acceptors (Lipinski definition) is 4. The molecule has 0 N–H and O–H groups in total. The monoisotopic (exact) mass is 348 g/mol. The van der Waals surface area contributed by atoms with Gasteiger partial charge in [-0.05, 0) is 38.5 Å². The molecule has 1 saturated heterocycles. The van der Waals surface area contributed by atoms with Gasteiger partial charge in [0, 0.05) is 30.8 Å². The SMILES string of the molecule is C=C[C@](C)(C[C@@H](OC)[C@]1(C)[C@H](C)CC[C@]23CCC(=O)[C@@]21O3)C(=O)CC. The van der Waals surface area contributed by atoms with E-state index in [1.807, 2.05) is 13.8 Å². The van der Waals surface area contributed by atoms with Crippen LogP contribution < -0.4 is 0 Å². The first-order chi connectivity index (χ1) is 11.7. The van der Waals surface area contributed by atoms with E-state index in [4.69, 9.17) is 9.47 Å². The Morgan fingerprint density at radius 3 is 2.76 bits per heavy atom. The van der Waals surface area contributed by atoms with Crippen LogP contribution in [0.5, 0.6) is 0 Å². The van der Waals surface area contributed by atoms with Crippen molar-refractivity contribution in [3.63, 3.8) is 0 Å². The number of carbonyl (C=O) groups excluding carboxylic acids is 2. The molecule has 4 nitrogen and oxygen atoms in total. The highest BCUT2D eigenvalue weighted by atomic mass is 16.6. The van der Waals surface area contributed by atoms with Gasteiger partial charge in [-0.2, -0.15) is 0 Å². The molecule has 2 saturated carbocycles. The summed E-state index contributed by atoms with van der Waals surface area (Å²) in [5.74, 6) is 0.682. The van der Waals surface area contributed by atoms with Gasteiger partial charge in [0.05, 0.1) is 6.10 Å². The lowest BCUT2D eigenvalue weighted by Gasteiger charge is -2.49. The Morgan fingerprint density at radius 1 is 1.52 bits per heavy atom. The van der Waals surface area contributed by atoms with Crippen molar-refractivity contribution in [1.29, 1.82) is 0 Å². The van der Waals surface area contributed by atoms with E-state index in [0.29, 0.717) is 25.2 Å². The Hall–Kier alpha value is -1.00. The zero-order valence-corrected chi connectivity index (χ0v) is 16.3. The molecule has 3 fully saturated rings. The molecular weight excluding hydrogens is 316 g/mol. The number of rotatable bonds is 7. The van der Waals surface area contributed by atoms with Crippen LogP contribution in [0.15, 0.2) is 12.7 Å². The number of ketones is 2. The van der Waals surface area contributed by atoms with Crippen molar-refractivity contribution in [2.75, 3.05) is 7.11 Å². The van der Waals surface area contributed by atoms with Gasteiger partial charge in [0.25, 0.3) is 0 Å². The molecule has 0 aromatic heterocycles. The van der Waals surface area contributed by atoms with Gasteiger partial charge in [-0.15, -0.1) is 6.58 Å². The number of ether oxygens (including phenoxy) is 2. The third kappa shape index (κ3) is 2.13. The van der Waals surface area contributed by atoms with Gasteiger partial charge in [0.2, 0.25) is 0 Å². The first-order valence-corrected chi connectivity index (χ1v) is 9.60. The van der Waals surface area contributed by atoms with E-state index in [0.717, 1.165) is 19.3 Å². The second-order valence-corrected chi connectivity index (χ2v) is 8.75. The summed E-state index contributed by atoms with van der Waals surface area (Å²) >= 11 is 0. The minimum atomic E-state index is -0.713. The summed E-state index contributed by atoms with van der Waals surface area (Å²) in [4.78, 5) is 25.4. The van der Waals surface area contributed by atoms with Crippen molar-refractivity contribution in [1.82, 2.24) is 0 Å². The molecule has 1 heterocycles. The molecule has 140 valence electrons. The Bertz CT molecular complexity index is 613. The van der Waals surface area contributed by atoms with E-state index >= 15 is 0 Å². The van der Waals surface area contributed by atoms with E-state index in [-0.39, 0.29) is 23.3 Å². The lowest BCUT2D eigenvalue weighted by atomic mass is 9.54. The van der Waals surface area contributed by atoms with Crippen LogP contribution >= 0.6 is 0 Å². The van der Waals surface area contributed by atoms with Crippen molar-refractivity contribution in [3.05, 3.63) is 12.7 Å². The average molecular weight is 348 g/mol. The number of epoxide rings is 1. The van der Waals surface area contributed by atoms with Crippen molar-refractivity contribution in [2.45, 2.75) is 83.5 Å². The van der Waals surface area contributed by atoms with Gasteiger partial charge in [-0.3, -0.25) is 9.59 Å². The smallest absolute Gasteiger partial charge is 0.168 e. The Morgan fingerprint density at radius 2 is 2.20 bits per heavy atom. The van der Waals surface area contributed by atoms with Crippen molar-refractivity contribution >= 4 is 11.6 Å². The first kappa shape index (κ1) is 18.8. The maximum absolute atomic E-state index is 12.9. The van der Waals surface area contributed by atoms with Crippen molar-refractivity contribution in [2.24, 2.45) is 16.7 Å². The largest absolute Gasteiger partial charge is 0.381 e. The fraction of sp³-hybridized carbons (Fsp3) is 0.810. The van der Waals surface area contributed by atoms with Gasteiger partial charge < -0.3 is 9.47 Å². The van der Waals surface area contributed by atoms with Crippen LogP contribution in [0.1, 0.15) is 66.2 Å². The fourth-order valence-electron chi connectivity index (χ4n) is 5.83. The summed E-state index contributed by atoms with van der Waals surface area (Å²) in [6.45, 7) is 12.1. The van der Waals surface area contributed by atoms with Crippen LogP contribution in [0, 0.1) is 16.7 Å². The summed E-state index contributed by atoms with van der Waals surface area (Å²) in [6.07, 6.45) is 5.94. The van der Waals surface area contributed by atoms with Crippen LogP contribution in [0.3, 0.4) is 0 Å². The zero-order chi connectivity index (χ0) is 18.7. The summed E-state index contributed by atoms with van der Waals surface area (Å²) in [7, 11) is 1.69. The molecule has 2 aliphatic carbocycles. The molecule has 0 amide bonds. The van der Waals surface area contributed by atoms with Gasteiger partial charge in [-0.1, -0.05) is 26.8 Å². The number of Topliss-reactive ketones (excluding diaryl/α,β-unsaturated/α-hetero) is 2. The van der Waals surface area contributed by atoms with Gasteiger partial charge in [0.15, 0.2) is 11.4 Å². The molecule has 3 rings (SSSR count). The molecule has 0 unspecified atom stereocenters. The topological polar surface area (TPSA) is 55.9 Å². The number of hydrogen-bond donors (Lipinski definition) is 0. The Balaban J connectivity index is 2.00. The van der Waals surface area contributed by atoms with Gasteiger partial charge in [0.1, 0.15) is 11.4 Å². The maximum Gasteiger partial charge on any atom is 0.168 e. The van der Waals surface area contributed by atoms with Crippen LogP contribution in [0.4, 0.5) is 0 Å².